The zero-order chi connectivity index (χ0) is 14.0. The number of rotatable bonds is 4. The SMILES string of the molecule is CC1Oc2ccc(CC(CO)C(C)C)cc2NC1=O. The second-order valence-corrected chi connectivity index (χ2v) is 5.47. The molecule has 0 spiro atoms. The van der Waals surface area contributed by atoms with Crippen LogP contribution in [0.25, 0.3) is 0 Å². The van der Waals surface area contributed by atoms with Crippen LogP contribution in [0.15, 0.2) is 18.2 Å². The number of carbonyl (C=O) groups is 1. The molecule has 4 heteroatoms. The maximum absolute atomic E-state index is 11.6. The van der Waals surface area contributed by atoms with E-state index in [1.54, 1.807) is 6.92 Å². The lowest BCUT2D eigenvalue weighted by molar-refractivity contribution is -0.122. The number of anilines is 1. The molecule has 1 heterocycles. The van der Waals surface area contributed by atoms with E-state index in [1.807, 2.05) is 18.2 Å². The van der Waals surface area contributed by atoms with Crippen LogP contribution in [-0.2, 0) is 11.2 Å². The molecule has 0 radical (unpaired) electrons. The van der Waals surface area contributed by atoms with Gasteiger partial charge >= 0.3 is 0 Å². The quantitative estimate of drug-likeness (QED) is 0.875. The van der Waals surface area contributed by atoms with Gasteiger partial charge in [0.15, 0.2) is 6.10 Å². The lowest BCUT2D eigenvalue weighted by Crippen LogP contribution is -2.34. The summed E-state index contributed by atoms with van der Waals surface area (Å²) < 4.78 is 5.52. The standard InChI is InChI=1S/C15H21NO3/c1-9(2)12(8-17)6-11-4-5-14-13(7-11)16-15(18)10(3)19-14/h4-5,7,9-10,12,17H,6,8H2,1-3H3,(H,16,18). The van der Waals surface area contributed by atoms with Crippen molar-refractivity contribution in [2.24, 2.45) is 11.8 Å². The Kier molecular flexibility index (Phi) is 4.10. The van der Waals surface area contributed by atoms with E-state index in [9.17, 15) is 9.90 Å². The van der Waals surface area contributed by atoms with Crippen LogP contribution in [0, 0.1) is 11.8 Å². The van der Waals surface area contributed by atoms with Crippen molar-refractivity contribution in [3.63, 3.8) is 0 Å². The average molecular weight is 263 g/mol. The average Bonchev–Trinajstić information content (AvgIpc) is 2.37. The van der Waals surface area contributed by atoms with E-state index in [1.165, 1.54) is 0 Å². The molecule has 1 amide bonds. The second-order valence-electron chi connectivity index (χ2n) is 5.47. The number of hydrogen-bond donors (Lipinski definition) is 2. The van der Waals surface area contributed by atoms with Crippen molar-refractivity contribution in [1.29, 1.82) is 0 Å². The lowest BCUT2D eigenvalue weighted by atomic mass is 9.90. The van der Waals surface area contributed by atoms with E-state index < -0.39 is 6.10 Å². The van der Waals surface area contributed by atoms with Crippen LogP contribution in [0.2, 0.25) is 0 Å². The van der Waals surface area contributed by atoms with Crippen molar-refractivity contribution in [2.75, 3.05) is 11.9 Å². The Bertz CT molecular complexity index is 470. The van der Waals surface area contributed by atoms with Gasteiger partial charge in [-0.15, -0.1) is 0 Å². The van der Waals surface area contributed by atoms with E-state index in [4.69, 9.17) is 4.74 Å². The molecule has 0 saturated heterocycles. The Hall–Kier alpha value is -1.55. The summed E-state index contributed by atoms with van der Waals surface area (Å²) in [7, 11) is 0. The third-order valence-corrected chi connectivity index (χ3v) is 3.65. The molecule has 104 valence electrons. The zero-order valence-corrected chi connectivity index (χ0v) is 11.6. The minimum absolute atomic E-state index is 0.118. The fourth-order valence-corrected chi connectivity index (χ4v) is 2.20. The van der Waals surface area contributed by atoms with Gasteiger partial charge in [0.25, 0.3) is 5.91 Å². The molecule has 1 aliphatic heterocycles. The fraction of sp³-hybridized carbons (Fsp3) is 0.533. The highest BCUT2D eigenvalue weighted by Gasteiger charge is 2.24. The summed E-state index contributed by atoms with van der Waals surface area (Å²) in [4.78, 5) is 11.6. The summed E-state index contributed by atoms with van der Waals surface area (Å²) in [6.07, 6.45) is 0.353. The number of amides is 1. The van der Waals surface area contributed by atoms with Crippen molar-refractivity contribution >= 4 is 11.6 Å². The predicted molar refractivity (Wildman–Crippen MR) is 74.3 cm³/mol. The van der Waals surface area contributed by atoms with Crippen molar-refractivity contribution < 1.29 is 14.6 Å². The first-order chi connectivity index (χ1) is 9.01. The first kappa shape index (κ1) is 13.9. The van der Waals surface area contributed by atoms with Gasteiger partial charge < -0.3 is 15.2 Å². The Morgan fingerprint density at radius 1 is 1.42 bits per heavy atom. The van der Waals surface area contributed by atoms with Gasteiger partial charge in [0.2, 0.25) is 0 Å². The number of aliphatic hydroxyl groups excluding tert-OH is 1. The third kappa shape index (κ3) is 3.07. The van der Waals surface area contributed by atoms with Crippen molar-refractivity contribution in [1.82, 2.24) is 0 Å². The molecule has 2 unspecified atom stereocenters. The molecule has 2 N–H and O–H groups in total. The number of hydrogen-bond acceptors (Lipinski definition) is 3. The van der Waals surface area contributed by atoms with Crippen LogP contribution >= 0.6 is 0 Å². The summed E-state index contributed by atoms with van der Waals surface area (Å²) in [5.74, 6) is 1.25. The molecule has 0 bridgehead atoms. The van der Waals surface area contributed by atoms with Crippen LogP contribution < -0.4 is 10.1 Å². The van der Waals surface area contributed by atoms with Crippen molar-refractivity contribution in [3.05, 3.63) is 23.8 Å². The van der Waals surface area contributed by atoms with Gasteiger partial charge in [-0.1, -0.05) is 19.9 Å². The number of benzene rings is 1. The maximum Gasteiger partial charge on any atom is 0.265 e. The normalized spacial score (nSPS) is 19.6. The summed E-state index contributed by atoms with van der Waals surface area (Å²) in [5, 5.41) is 12.2. The molecule has 4 nitrogen and oxygen atoms in total. The Morgan fingerprint density at radius 2 is 2.16 bits per heavy atom. The van der Waals surface area contributed by atoms with Gasteiger partial charge in [0, 0.05) is 6.61 Å². The third-order valence-electron chi connectivity index (χ3n) is 3.65. The molecule has 2 atom stereocenters. The van der Waals surface area contributed by atoms with Crippen LogP contribution in [0.4, 0.5) is 5.69 Å². The highest BCUT2D eigenvalue weighted by molar-refractivity contribution is 5.97. The van der Waals surface area contributed by atoms with Gasteiger partial charge in [-0.2, -0.15) is 0 Å². The Balaban J connectivity index is 2.17. The predicted octanol–water partition coefficient (Wildman–Crippen LogP) is 2.21. The smallest absolute Gasteiger partial charge is 0.265 e. The highest BCUT2D eigenvalue weighted by Crippen LogP contribution is 2.31. The summed E-state index contributed by atoms with van der Waals surface area (Å²) in [6.45, 7) is 6.11. The molecule has 1 aliphatic rings. The lowest BCUT2D eigenvalue weighted by Gasteiger charge is -2.24. The molecular formula is C15H21NO3. The molecule has 1 aromatic rings. The zero-order valence-electron chi connectivity index (χ0n) is 11.6. The molecule has 0 aromatic heterocycles. The van der Waals surface area contributed by atoms with E-state index in [-0.39, 0.29) is 18.4 Å². The number of ether oxygens (including phenoxy) is 1. The topological polar surface area (TPSA) is 58.6 Å². The van der Waals surface area contributed by atoms with Crippen LogP contribution in [0.1, 0.15) is 26.3 Å². The molecular weight excluding hydrogens is 242 g/mol. The van der Waals surface area contributed by atoms with Gasteiger partial charge in [0.05, 0.1) is 5.69 Å². The molecule has 1 aromatic carbocycles. The maximum atomic E-state index is 11.6. The van der Waals surface area contributed by atoms with Crippen LogP contribution in [-0.4, -0.2) is 23.7 Å². The highest BCUT2D eigenvalue weighted by atomic mass is 16.5. The number of aliphatic hydroxyl groups is 1. The number of nitrogens with one attached hydrogen (secondary N) is 1. The van der Waals surface area contributed by atoms with E-state index in [0.29, 0.717) is 11.7 Å². The molecule has 0 saturated carbocycles. The van der Waals surface area contributed by atoms with E-state index in [0.717, 1.165) is 17.7 Å². The molecule has 2 rings (SSSR count). The van der Waals surface area contributed by atoms with E-state index in [2.05, 4.69) is 19.2 Å². The van der Waals surface area contributed by atoms with E-state index >= 15 is 0 Å². The number of carbonyl (C=O) groups excluding carboxylic acids is 1. The molecule has 0 aliphatic carbocycles. The molecule has 19 heavy (non-hydrogen) atoms. The van der Waals surface area contributed by atoms with Crippen molar-refractivity contribution in [2.45, 2.75) is 33.3 Å². The van der Waals surface area contributed by atoms with Crippen molar-refractivity contribution in [3.8, 4) is 5.75 Å². The first-order valence-corrected chi connectivity index (χ1v) is 6.72. The number of fused-ring (bicyclic) bond motifs is 1. The minimum atomic E-state index is -0.445. The summed E-state index contributed by atoms with van der Waals surface area (Å²) in [5.41, 5.74) is 1.82. The summed E-state index contributed by atoms with van der Waals surface area (Å²) >= 11 is 0. The van der Waals surface area contributed by atoms with Gasteiger partial charge in [-0.25, -0.2) is 0 Å². The molecule has 0 fully saturated rings. The van der Waals surface area contributed by atoms with Crippen LogP contribution in [0.3, 0.4) is 0 Å². The summed E-state index contributed by atoms with van der Waals surface area (Å²) in [6, 6.07) is 5.81. The Morgan fingerprint density at radius 3 is 2.79 bits per heavy atom. The van der Waals surface area contributed by atoms with Crippen LogP contribution in [0.5, 0.6) is 5.75 Å². The van der Waals surface area contributed by atoms with Gasteiger partial charge in [-0.3, -0.25) is 4.79 Å². The minimum Gasteiger partial charge on any atom is -0.479 e. The largest absolute Gasteiger partial charge is 0.479 e. The van der Waals surface area contributed by atoms with Gasteiger partial charge in [0.1, 0.15) is 5.75 Å². The second kappa shape index (κ2) is 5.61. The Labute approximate surface area is 113 Å². The van der Waals surface area contributed by atoms with Gasteiger partial charge in [-0.05, 0) is 42.9 Å². The fourth-order valence-electron chi connectivity index (χ4n) is 2.20. The monoisotopic (exact) mass is 263 g/mol. The first-order valence-electron chi connectivity index (χ1n) is 6.72.